The van der Waals surface area contributed by atoms with E-state index in [1.165, 1.54) is 21.9 Å². The summed E-state index contributed by atoms with van der Waals surface area (Å²) in [6, 6.07) is 4.21. The van der Waals surface area contributed by atoms with Crippen molar-refractivity contribution in [3.63, 3.8) is 0 Å². The van der Waals surface area contributed by atoms with E-state index in [4.69, 9.17) is 0 Å². The molecular weight excluding hydrogens is 875 g/mol. The molecular formula is C39H50F2N8O8S4. The van der Waals surface area contributed by atoms with Gasteiger partial charge in [-0.3, -0.25) is 20.2 Å². The summed E-state index contributed by atoms with van der Waals surface area (Å²) in [5, 5.41) is 10.8. The number of aryl methyl sites for hydroxylation is 2. The van der Waals surface area contributed by atoms with Crippen LogP contribution < -0.4 is 21.3 Å². The van der Waals surface area contributed by atoms with Crippen LogP contribution >= 0.6 is 22.7 Å². The first-order valence-corrected chi connectivity index (χ1v) is 24.3. The molecule has 22 heteroatoms. The maximum absolute atomic E-state index is 14.7. The molecule has 0 aliphatic carbocycles. The van der Waals surface area contributed by atoms with Crippen LogP contribution in [0.2, 0.25) is 0 Å². The largest absolute Gasteiger partial charge is 0.345 e. The lowest BCUT2D eigenvalue weighted by Crippen LogP contribution is -2.53. The van der Waals surface area contributed by atoms with Crippen molar-refractivity contribution in [2.24, 2.45) is 11.8 Å². The molecule has 0 saturated carbocycles. The number of likely N-dealkylation sites (N-methyl/N-ethyl adjacent to an activating group) is 1. The fourth-order valence-electron chi connectivity index (χ4n) is 6.20. The monoisotopic (exact) mass is 924 g/mol. The van der Waals surface area contributed by atoms with Gasteiger partial charge in [-0.05, 0) is 75.4 Å². The van der Waals surface area contributed by atoms with Gasteiger partial charge in [-0.2, -0.15) is 0 Å². The van der Waals surface area contributed by atoms with E-state index in [9.17, 15) is 44.8 Å². The van der Waals surface area contributed by atoms with E-state index < -0.39 is 76.9 Å². The number of anilines is 2. The second kappa shape index (κ2) is 19.8. The smallest absolute Gasteiger partial charge is 0.321 e. The second-order valence-corrected chi connectivity index (χ2v) is 21.2. The van der Waals surface area contributed by atoms with Gasteiger partial charge in [0.1, 0.15) is 27.5 Å². The number of thiazole rings is 2. The van der Waals surface area contributed by atoms with Crippen LogP contribution in [0.3, 0.4) is 0 Å². The van der Waals surface area contributed by atoms with Crippen molar-refractivity contribution < 1.29 is 44.8 Å². The first kappa shape index (κ1) is 48.6. The molecule has 0 spiro atoms. The Kier molecular flexibility index (Phi) is 15.7. The van der Waals surface area contributed by atoms with Crippen molar-refractivity contribution in [3.8, 4) is 20.9 Å². The fourth-order valence-corrected chi connectivity index (χ4v) is 9.57. The number of hydrogen-bond acceptors (Lipinski definition) is 12. The number of carbonyl (C=O) groups is 4. The molecule has 0 bridgehead atoms. The fraction of sp³-hybridized carbons (Fsp3) is 0.436. The number of carbonyl (C=O) groups excluding carboxylic acids is 4. The highest BCUT2D eigenvalue weighted by molar-refractivity contribution is 7.91. The first-order chi connectivity index (χ1) is 28.3. The Morgan fingerprint density at radius 2 is 1.20 bits per heavy atom. The van der Waals surface area contributed by atoms with Crippen molar-refractivity contribution in [3.05, 3.63) is 59.4 Å². The summed E-state index contributed by atoms with van der Waals surface area (Å²) in [7, 11) is -4.44. The normalized spacial score (nSPS) is 12.8. The number of rotatable bonds is 16. The molecule has 4 N–H and O–H groups in total. The van der Waals surface area contributed by atoms with E-state index in [-0.39, 0.29) is 35.2 Å². The SMILES string of the molecule is Cc1nc(NC(=O)NCC(CC(NC(=O)Nc2nc(C)c(-c3ccc(S(C)(=O)=O)c(F)c3)s2)C(=O)N(C)C(C)C)C(=O)N(C)CC(C)C)sc1-c1ccc(S(C)(=O)=O)c(F)c1. The van der Waals surface area contributed by atoms with Gasteiger partial charge in [0.15, 0.2) is 29.9 Å². The number of sulfone groups is 2. The van der Waals surface area contributed by atoms with Gasteiger partial charge < -0.3 is 20.4 Å². The summed E-state index contributed by atoms with van der Waals surface area (Å²) in [6.07, 6.45) is 1.58. The maximum Gasteiger partial charge on any atom is 0.321 e. The zero-order valence-electron chi connectivity index (χ0n) is 35.3. The van der Waals surface area contributed by atoms with Crippen LogP contribution in [0.1, 0.15) is 45.5 Å². The number of hydrogen-bond donors (Lipinski definition) is 4. The average Bonchev–Trinajstić information content (AvgIpc) is 3.70. The molecule has 332 valence electrons. The topological polar surface area (TPSA) is 217 Å². The molecule has 0 aliphatic rings. The van der Waals surface area contributed by atoms with Crippen LogP contribution in [-0.4, -0.2) is 112 Å². The number of nitrogens with zero attached hydrogens (tertiary/aromatic N) is 4. The maximum atomic E-state index is 14.7. The zero-order chi connectivity index (χ0) is 45.7. The van der Waals surface area contributed by atoms with E-state index in [0.29, 0.717) is 38.8 Å². The third-order valence-corrected chi connectivity index (χ3v) is 13.8. The van der Waals surface area contributed by atoms with Crippen molar-refractivity contribution >= 4 is 76.5 Å². The Hall–Kier alpha value is -5.06. The molecule has 0 aliphatic heterocycles. The van der Waals surface area contributed by atoms with E-state index >= 15 is 0 Å². The summed E-state index contributed by atoms with van der Waals surface area (Å²) in [6.45, 7) is 10.8. The molecule has 2 unspecified atom stereocenters. The lowest BCUT2D eigenvalue weighted by molar-refractivity contribution is -0.137. The standard InChI is InChI=1S/C39H50F2N8O8S4/c1-20(2)19-48(7)34(50)26(18-42-36(52)46-38-43-22(5)32(58-38)24-11-13-30(27(40)15-24)60(9,54)55)17-29(35(51)49(8)21(3)4)45-37(53)47-39-44-23(6)33(59-39)25-12-14-31(28(41)16-25)61(10,56)57/h11-16,20-21,26,29H,17-19H2,1-10H3,(H2,42,43,46,52)(H2,44,45,47,53). The summed E-state index contributed by atoms with van der Waals surface area (Å²) >= 11 is 2.02. The van der Waals surface area contributed by atoms with Gasteiger partial charge >= 0.3 is 12.1 Å². The number of benzene rings is 2. The molecule has 0 saturated heterocycles. The van der Waals surface area contributed by atoms with Crippen LogP contribution in [0, 0.1) is 37.3 Å². The molecule has 2 aromatic carbocycles. The molecule has 2 aromatic heterocycles. The Balaban J connectivity index is 1.54. The highest BCUT2D eigenvalue weighted by Gasteiger charge is 2.33. The van der Waals surface area contributed by atoms with Crippen LogP contribution in [-0.2, 0) is 29.3 Å². The third-order valence-electron chi connectivity index (χ3n) is 9.34. The van der Waals surface area contributed by atoms with E-state index in [1.807, 2.05) is 13.8 Å². The van der Waals surface area contributed by atoms with Gasteiger partial charge in [0.05, 0.1) is 27.1 Å². The van der Waals surface area contributed by atoms with Crippen molar-refractivity contribution in [2.45, 2.75) is 69.8 Å². The molecule has 4 aromatic rings. The minimum Gasteiger partial charge on any atom is -0.345 e. The third kappa shape index (κ3) is 12.7. The summed E-state index contributed by atoms with van der Waals surface area (Å²) in [4.78, 5) is 66.2. The van der Waals surface area contributed by atoms with Crippen LogP contribution in [0.15, 0.2) is 46.2 Å². The van der Waals surface area contributed by atoms with Crippen molar-refractivity contribution in [1.82, 2.24) is 30.4 Å². The molecule has 0 fully saturated rings. The Morgan fingerprint density at radius 3 is 1.61 bits per heavy atom. The van der Waals surface area contributed by atoms with Gasteiger partial charge in [0.2, 0.25) is 11.8 Å². The minimum atomic E-state index is -3.80. The molecule has 2 atom stereocenters. The zero-order valence-corrected chi connectivity index (χ0v) is 38.6. The predicted molar refractivity (Wildman–Crippen MR) is 232 cm³/mol. The summed E-state index contributed by atoms with van der Waals surface area (Å²) in [5.74, 6) is -3.72. The Morgan fingerprint density at radius 1 is 0.738 bits per heavy atom. The molecule has 0 radical (unpaired) electrons. The van der Waals surface area contributed by atoms with Gasteiger partial charge in [0.25, 0.3) is 0 Å². The molecule has 2 heterocycles. The van der Waals surface area contributed by atoms with E-state index in [1.54, 1.807) is 41.8 Å². The number of aromatic nitrogens is 2. The molecule has 6 amide bonds. The lowest BCUT2D eigenvalue weighted by Gasteiger charge is -2.31. The number of amides is 6. The lowest BCUT2D eigenvalue weighted by atomic mass is 9.96. The van der Waals surface area contributed by atoms with Crippen LogP contribution in [0.5, 0.6) is 0 Å². The number of nitrogens with one attached hydrogen (secondary N) is 4. The Bertz CT molecular complexity index is 2530. The summed E-state index contributed by atoms with van der Waals surface area (Å²) in [5.41, 5.74) is 1.55. The molecule has 61 heavy (non-hydrogen) atoms. The number of urea groups is 2. The van der Waals surface area contributed by atoms with Crippen LogP contribution in [0.25, 0.3) is 20.9 Å². The van der Waals surface area contributed by atoms with Gasteiger partial charge in [0, 0.05) is 45.7 Å². The highest BCUT2D eigenvalue weighted by atomic mass is 32.2. The predicted octanol–water partition coefficient (Wildman–Crippen LogP) is 5.93. The van der Waals surface area contributed by atoms with Crippen molar-refractivity contribution in [1.29, 1.82) is 0 Å². The summed E-state index contributed by atoms with van der Waals surface area (Å²) < 4.78 is 77.0. The highest BCUT2D eigenvalue weighted by Crippen LogP contribution is 2.35. The average molecular weight is 925 g/mol. The van der Waals surface area contributed by atoms with Crippen molar-refractivity contribution in [2.75, 3.05) is 50.3 Å². The minimum absolute atomic E-state index is 0.0819. The molecule has 4 rings (SSSR count). The van der Waals surface area contributed by atoms with Gasteiger partial charge in [-0.15, -0.1) is 0 Å². The van der Waals surface area contributed by atoms with E-state index in [0.717, 1.165) is 59.5 Å². The van der Waals surface area contributed by atoms with Gasteiger partial charge in [-0.1, -0.05) is 48.7 Å². The second-order valence-electron chi connectivity index (χ2n) is 15.3. The van der Waals surface area contributed by atoms with Crippen LogP contribution in [0.4, 0.5) is 28.6 Å². The first-order valence-electron chi connectivity index (χ1n) is 18.9. The quantitative estimate of drug-likeness (QED) is 0.104. The van der Waals surface area contributed by atoms with E-state index in [2.05, 4.69) is 31.2 Å². The van der Waals surface area contributed by atoms with Gasteiger partial charge in [-0.25, -0.2) is 45.2 Å². The Labute approximate surface area is 362 Å². The number of halogens is 2. The molecule has 16 nitrogen and oxygen atoms in total.